The van der Waals surface area contributed by atoms with E-state index in [-0.39, 0.29) is 5.91 Å². The van der Waals surface area contributed by atoms with Crippen LogP contribution in [0.3, 0.4) is 0 Å². The van der Waals surface area contributed by atoms with E-state index in [4.69, 9.17) is 0 Å². The average molecular weight is 231 g/mol. The third-order valence-corrected chi connectivity index (χ3v) is 3.17. The van der Waals surface area contributed by atoms with Crippen molar-refractivity contribution in [1.82, 2.24) is 0 Å². The van der Waals surface area contributed by atoms with Crippen molar-refractivity contribution in [3.05, 3.63) is 52.7 Å². The maximum absolute atomic E-state index is 11.6. The fraction of sp³-hybridized carbons (Fsp3) is 0.154. The van der Waals surface area contributed by atoms with E-state index in [0.717, 1.165) is 12.1 Å². The summed E-state index contributed by atoms with van der Waals surface area (Å²) in [6.45, 7) is 0. The van der Waals surface area contributed by atoms with Crippen LogP contribution in [-0.2, 0) is 11.2 Å². The van der Waals surface area contributed by atoms with Crippen LogP contribution in [-0.4, -0.2) is 5.91 Å². The van der Waals surface area contributed by atoms with E-state index < -0.39 is 0 Å². The average Bonchev–Trinajstić information content (AvgIpc) is 2.81. The first-order chi connectivity index (χ1) is 7.84. The van der Waals surface area contributed by atoms with Gasteiger partial charge in [0, 0.05) is 17.0 Å². The second kappa shape index (κ2) is 5.47. The molecule has 0 saturated carbocycles. The second-order valence-corrected chi connectivity index (χ2v) is 4.53. The maximum atomic E-state index is 11.6. The Balaban J connectivity index is 1.81. The summed E-state index contributed by atoms with van der Waals surface area (Å²) in [6.07, 6.45) is 1.35. The molecule has 1 aromatic heterocycles. The zero-order valence-corrected chi connectivity index (χ0v) is 9.67. The lowest BCUT2D eigenvalue weighted by molar-refractivity contribution is -0.116. The number of carbonyl (C=O) groups is 1. The van der Waals surface area contributed by atoms with E-state index in [2.05, 4.69) is 11.4 Å². The standard InChI is InChI=1S/C13H13NOS/c15-13(9-8-12-7-4-10-16-12)14-11-5-2-1-3-6-11/h1-7,10H,8-9H2,(H,14,15). The predicted octanol–water partition coefficient (Wildman–Crippen LogP) is 3.32. The van der Waals surface area contributed by atoms with Crippen molar-refractivity contribution < 1.29 is 4.79 Å². The van der Waals surface area contributed by atoms with Gasteiger partial charge in [-0.25, -0.2) is 0 Å². The van der Waals surface area contributed by atoms with Crippen molar-refractivity contribution in [2.45, 2.75) is 12.8 Å². The van der Waals surface area contributed by atoms with Gasteiger partial charge in [0.25, 0.3) is 0 Å². The van der Waals surface area contributed by atoms with Gasteiger partial charge in [-0.2, -0.15) is 0 Å². The quantitative estimate of drug-likeness (QED) is 0.859. The molecule has 2 aromatic rings. The van der Waals surface area contributed by atoms with Crippen LogP contribution in [0.1, 0.15) is 11.3 Å². The first-order valence-electron chi connectivity index (χ1n) is 5.22. The highest BCUT2D eigenvalue weighted by molar-refractivity contribution is 7.09. The van der Waals surface area contributed by atoms with Gasteiger partial charge >= 0.3 is 0 Å². The lowest BCUT2D eigenvalue weighted by Gasteiger charge is -2.03. The van der Waals surface area contributed by atoms with Crippen molar-refractivity contribution in [2.24, 2.45) is 0 Å². The maximum Gasteiger partial charge on any atom is 0.224 e. The Morgan fingerprint density at radius 3 is 2.62 bits per heavy atom. The van der Waals surface area contributed by atoms with Crippen molar-refractivity contribution in [3.63, 3.8) is 0 Å². The predicted molar refractivity (Wildman–Crippen MR) is 67.7 cm³/mol. The Bertz CT molecular complexity index is 436. The molecule has 16 heavy (non-hydrogen) atoms. The summed E-state index contributed by atoms with van der Waals surface area (Å²) in [5.41, 5.74) is 0.860. The second-order valence-electron chi connectivity index (χ2n) is 3.49. The molecule has 1 aromatic carbocycles. The van der Waals surface area contributed by atoms with E-state index in [1.54, 1.807) is 11.3 Å². The molecule has 82 valence electrons. The summed E-state index contributed by atoms with van der Waals surface area (Å²) in [5, 5.41) is 4.90. The molecule has 1 amide bonds. The van der Waals surface area contributed by atoms with Crippen LogP contribution in [0.2, 0.25) is 0 Å². The monoisotopic (exact) mass is 231 g/mol. The Hall–Kier alpha value is -1.61. The molecule has 0 aliphatic rings. The molecule has 3 heteroatoms. The number of nitrogens with one attached hydrogen (secondary N) is 1. The minimum Gasteiger partial charge on any atom is -0.326 e. The smallest absolute Gasteiger partial charge is 0.224 e. The van der Waals surface area contributed by atoms with Crippen molar-refractivity contribution in [2.75, 3.05) is 5.32 Å². The van der Waals surface area contributed by atoms with Gasteiger partial charge < -0.3 is 5.32 Å². The van der Waals surface area contributed by atoms with Crippen LogP contribution >= 0.6 is 11.3 Å². The number of rotatable bonds is 4. The molecule has 0 aliphatic carbocycles. The van der Waals surface area contributed by atoms with Crippen LogP contribution in [0.25, 0.3) is 0 Å². The molecule has 0 aliphatic heterocycles. The molecule has 2 nitrogen and oxygen atoms in total. The third-order valence-electron chi connectivity index (χ3n) is 2.24. The Morgan fingerprint density at radius 1 is 1.12 bits per heavy atom. The van der Waals surface area contributed by atoms with E-state index in [1.807, 2.05) is 41.8 Å². The Kier molecular flexibility index (Phi) is 3.72. The van der Waals surface area contributed by atoms with Gasteiger partial charge in [0.1, 0.15) is 0 Å². The van der Waals surface area contributed by atoms with Crippen LogP contribution in [0, 0.1) is 0 Å². The largest absolute Gasteiger partial charge is 0.326 e. The summed E-state index contributed by atoms with van der Waals surface area (Å²) >= 11 is 1.69. The van der Waals surface area contributed by atoms with Gasteiger partial charge in [-0.05, 0) is 30.0 Å². The molecule has 0 bridgehead atoms. The zero-order valence-electron chi connectivity index (χ0n) is 8.85. The van der Waals surface area contributed by atoms with Crippen LogP contribution < -0.4 is 5.32 Å². The number of para-hydroxylation sites is 1. The molecular weight excluding hydrogens is 218 g/mol. The van der Waals surface area contributed by atoms with Crippen molar-refractivity contribution in [3.8, 4) is 0 Å². The van der Waals surface area contributed by atoms with Gasteiger partial charge in [-0.15, -0.1) is 11.3 Å². The number of benzene rings is 1. The van der Waals surface area contributed by atoms with Crippen molar-refractivity contribution in [1.29, 1.82) is 0 Å². The number of hydrogen-bond donors (Lipinski definition) is 1. The van der Waals surface area contributed by atoms with Gasteiger partial charge in [0.05, 0.1) is 0 Å². The summed E-state index contributed by atoms with van der Waals surface area (Å²) in [5.74, 6) is 0.0691. The minimum atomic E-state index is 0.0691. The van der Waals surface area contributed by atoms with E-state index >= 15 is 0 Å². The highest BCUT2D eigenvalue weighted by Crippen LogP contribution is 2.12. The number of amides is 1. The lowest BCUT2D eigenvalue weighted by Crippen LogP contribution is -2.11. The molecule has 0 spiro atoms. The van der Waals surface area contributed by atoms with Gasteiger partial charge in [0.2, 0.25) is 5.91 Å². The molecule has 2 rings (SSSR count). The molecular formula is C13H13NOS. The van der Waals surface area contributed by atoms with E-state index in [9.17, 15) is 4.79 Å². The zero-order chi connectivity index (χ0) is 11.2. The van der Waals surface area contributed by atoms with Crippen molar-refractivity contribution >= 4 is 22.9 Å². The summed E-state index contributed by atoms with van der Waals surface area (Å²) < 4.78 is 0. The fourth-order valence-corrected chi connectivity index (χ4v) is 2.15. The number of hydrogen-bond acceptors (Lipinski definition) is 2. The normalized spacial score (nSPS) is 10.0. The molecule has 0 saturated heterocycles. The first-order valence-corrected chi connectivity index (χ1v) is 6.10. The molecule has 0 unspecified atom stereocenters. The number of carbonyl (C=O) groups excluding carboxylic acids is 1. The van der Waals surface area contributed by atoms with E-state index in [0.29, 0.717) is 6.42 Å². The van der Waals surface area contributed by atoms with E-state index in [1.165, 1.54) is 4.88 Å². The third kappa shape index (κ3) is 3.21. The van der Waals surface area contributed by atoms with Gasteiger partial charge in [-0.3, -0.25) is 4.79 Å². The molecule has 0 atom stereocenters. The van der Waals surface area contributed by atoms with Crippen LogP contribution in [0.5, 0.6) is 0 Å². The fourth-order valence-electron chi connectivity index (χ4n) is 1.44. The SMILES string of the molecule is O=C(CCc1cccs1)Nc1ccccc1. The first kappa shape index (κ1) is 10.9. The Labute approximate surface area is 98.9 Å². The number of anilines is 1. The van der Waals surface area contributed by atoms with Gasteiger partial charge in [-0.1, -0.05) is 24.3 Å². The van der Waals surface area contributed by atoms with Crippen LogP contribution in [0.4, 0.5) is 5.69 Å². The van der Waals surface area contributed by atoms with Crippen LogP contribution in [0.15, 0.2) is 47.8 Å². The van der Waals surface area contributed by atoms with Gasteiger partial charge in [0.15, 0.2) is 0 Å². The molecule has 1 N–H and O–H groups in total. The summed E-state index contributed by atoms with van der Waals surface area (Å²) in [7, 11) is 0. The summed E-state index contributed by atoms with van der Waals surface area (Å²) in [6, 6.07) is 13.6. The molecule has 0 radical (unpaired) electrons. The molecule has 0 fully saturated rings. The highest BCUT2D eigenvalue weighted by Gasteiger charge is 2.02. The number of thiophene rings is 1. The number of aryl methyl sites for hydroxylation is 1. The summed E-state index contributed by atoms with van der Waals surface area (Å²) in [4.78, 5) is 12.9. The Morgan fingerprint density at radius 2 is 1.94 bits per heavy atom. The minimum absolute atomic E-state index is 0.0691. The molecule has 1 heterocycles. The topological polar surface area (TPSA) is 29.1 Å². The lowest BCUT2D eigenvalue weighted by atomic mass is 10.2. The highest BCUT2D eigenvalue weighted by atomic mass is 32.1.